The van der Waals surface area contributed by atoms with E-state index in [2.05, 4.69) is 12.2 Å². The van der Waals surface area contributed by atoms with Gasteiger partial charge in [0.15, 0.2) is 0 Å². The van der Waals surface area contributed by atoms with Gasteiger partial charge in [-0.05, 0) is 19.0 Å². The second-order valence-corrected chi connectivity index (χ2v) is 3.13. The van der Waals surface area contributed by atoms with Crippen molar-refractivity contribution in [3.8, 4) is 0 Å². The highest BCUT2D eigenvalue weighted by molar-refractivity contribution is 5.09. The minimum atomic E-state index is 0.0890. The Kier molecular flexibility index (Phi) is 3.71. The van der Waals surface area contributed by atoms with Crippen LogP contribution >= 0.6 is 0 Å². The van der Waals surface area contributed by atoms with E-state index in [-0.39, 0.29) is 5.56 Å². The number of hydrogen-bond donors (Lipinski definition) is 1. The molecule has 0 aliphatic carbocycles. The summed E-state index contributed by atoms with van der Waals surface area (Å²) in [6, 6.07) is 3.76. The number of hydrogen-bond acceptors (Lipinski definition) is 2. The van der Waals surface area contributed by atoms with Crippen molar-refractivity contribution in [1.29, 1.82) is 0 Å². The summed E-state index contributed by atoms with van der Waals surface area (Å²) in [5.74, 6) is 0. The van der Waals surface area contributed by atoms with Gasteiger partial charge in [-0.1, -0.05) is 13.0 Å². The fourth-order valence-corrected chi connectivity index (χ4v) is 1.19. The molecule has 1 rings (SSSR count). The first kappa shape index (κ1) is 9.99. The van der Waals surface area contributed by atoms with Crippen LogP contribution in [0.15, 0.2) is 23.1 Å². The van der Waals surface area contributed by atoms with Crippen molar-refractivity contribution in [2.45, 2.75) is 19.9 Å². The monoisotopic (exact) mass is 180 g/mol. The fourth-order valence-electron chi connectivity index (χ4n) is 1.19. The average molecular weight is 180 g/mol. The highest BCUT2D eigenvalue weighted by Crippen LogP contribution is 1.89. The number of nitrogens with zero attached hydrogens (tertiary/aromatic N) is 1. The number of nitrogens with one attached hydrogen (secondary N) is 1. The molecule has 0 unspecified atom stereocenters. The maximum absolute atomic E-state index is 11.5. The highest BCUT2D eigenvalue weighted by Gasteiger charge is 1.98. The molecule has 0 aliphatic heterocycles. The lowest BCUT2D eigenvalue weighted by Crippen LogP contribution is -2.25. The number of aromatic nitrogens is 1. The molecular formula is C10H16N2O. The van der Waals surface area contributed by atoms with E-state index in [1.165, 1.54) is 0 Å². The molecule has 0 radical (unpaired) electrons. The summed E-state index contributed by atoms with van der Waals surface area (Å²) in [7, 11) is 1.77. The van der Waals surface area contributed by atoms with Gasteiger partial charge in [0.05, 0.1) is 0 Å². The molecule has 3 heteroatoms. The van der Waals surface area contributed by atoms with Crippen LogP contribution in [0.5, 0.6) is 0 Å². The topological polar surface area (TPSA) is 34.0 Å². The van der Waals surface area contributed by atoms with Crippen LogP contribution in [0.25, 0.3) is 0 Å². The molecule has 72 valence electrons. The zero-order chi connectivity index (χ0) is 9.68. The molecule has 0 aromatic carbocycles. The first-order valence-corrected chi connectivity index (χ1v) is 4.61. The van der Waals surface area contributed by atoms with E-state index in [9.17, 15) is 4.79 Å². The largest absolute Gasteiger partial charge is 0.318 e. The first-order valence-electron chi connectivity index (χ1n) is 4.61. The van der Waals surface area contributed by atoms with Gasteiger partial charge in [-0.3, -0.25) is 4.79 Å². The Morgan fingerprint density at radius 3 is 3.00 bits per heavy atom. The maximum atomic E-state index is 11.5. The number of pyridine rings is 1. The fraction of sp³-hybridized carbons (Fsp3) is 0.500. The van der Waals surface area contributed by atoms with Crippen molar-refractivity contribution in [1.82, 2.24) is 9.88 Å². The Hall–Kier alpha value is -1.09. The summed E-state index contributed by atoms with van der Waals surface area (Å²) < 4.78 is 1.60. The van der Waals surface area contributed by atoms with Crippen LogP contribution in [0.4, 0.5) is 0 Å². The molecule has 0 bridgehead atoms. The van der Waals surface area contributed by atoms with Gasteiger partial charge in [0, 0.05) is 25.4 Å². The summed E-state index contributed by atoms with van der Waals surface area (Å²) in [6.07, 6.45) is 2.86. The summed E-state index contributed by atoms with van der Waals surface area (Å²) >= 11 is 0. The van der Waals surface area contributed by atoms with Crippen LogP contribution in [0.3, 0.4) is 0 Å². The molecule has 1 aromatic rings. The van der Waals surface area contributed by atoms with Crippen molar-refractivity contribution in [3.63, 3.8) is 0 Å². The van der Waals surface area contributed by atoms with Gasteiger partial charge in [0.1, 0.15) is 0 Å². The van der Waals surface area contributed by atoms with Crippen LogP contribution in [0.2, 0.25) is 0 Å². The average Bonchev–Trinajstić information content (AvgIpc) is 2.13. The van der Waals surface area contributed by atoms with E-state index in [0.29, 0.717) is 6.54 Å². The molecule has 0 saturated carbocycles. The molecule has 3 nitrogen and oxygen atoms in total. The van der Waals surface area contributed by atoms with Gasteiger partial charge in [-0.25, -0.2) is 0 Å². The zero-order valence-electron chi connectivity index (χ0n) is 8.21. The quantitative estimate of drug-likeness (QED) is 0.698. The lowest BCUT2D eigenvalue weighted by Gasteiger charge is -2.03. The predicted molar refractivity (Wildman–Crippen MR) is 53.7 cm³/mol. The van der Waals surface area contributed by atoms with Gasteiger partial charge in [0.25, 0.3) is 5.56 Å². The molecule has 1 aromatic heterocycles. The highest BCUT2D eigenvalue weighted by atomic mass is 16.1. The van der Waals surface area contributed by atoms with Gasteiger partial charge in [-0.15, -0.1) is 0 Å². The van der Waals surface area contributed by atoms with Crippen LogP contribution in [-0.4, -0.2) is 11.1 Å². The van der Waals surface area contributed by atoms with Crippen LogP contribution < -0.4 is 10.9 Å². The second kappa shape index (κ2) is 4.82. The molecule has 0 atom stereocenters. The molecule has 0 spiro atoms. The van der Waals surface area contributed by atoms with Gasteiger partial charge < -0.3 is 9.88 Å². The third kappa shape index (κ3) is 2.70. The molecule has 0 aliphatic rings. The lowest BCUT2D eigenvalue weighted by atomic mass is 10.2. The van der Waals surface area contributed by atoms with E-state index in [0.717, 1.165) is 18.5 Å². The summed E-state index contributed by atoms with van der Waals surface area (Å²) in [4.78, 5) is 11.5. The number of aryl methyl sites for hydroxylation is 1. The van der Waals surface area contributed by atoms with Gasteiger partial charge in [0.2, 0.25) is 0 Å². The molecule has 0 saturated heterocycles. The second-order valence-electron chi connectivity index (χ2n) is 3.13. The van der Waals surface area contributed by atoms with E-state index in [4.69, 9.17) is 0 Å². The van der Waals surface area contributed by atoms with E-state index in [1.54, 1.807) is 17.8 Å². The van der Waals surface area contributed by atoms with E-state index >= 15 is 0 Å². The summed E-state index contributed by atoms with van der Waals surface area (Å²) in [5, 5.41) is 3.21. The minimum Gasteiger partial charge on any atom is -0.318 e. The Morgan fingerprint density at radius 2 is 2.31 bits per heavy atom. The smallest absolute Gasteiger partial charge is 0.254 e. The zero-order valence-corrected chi connectivity index (χ0v) is 8.21. The van der Waals surface area contributed by atoms with Crippen LogP contribution in [-0.2, 0) is 13.6 Å². The molecule has 13 heavy (non-hydrogen) atoms. The predicted octanol–water partition coefficient (Wildman–Crippen LogP) is 0.885. The normalized spacial score (nSPS) is 10.3. The van der Waals surface area contributed by atoms with Gasteiger partial charge >= 0.3 is 0 Å². The van der Waals surface area contributed by atoms with Gasteiger partial charge in [-0.2, -0.15) is 0 Å². The van der Waals surface area contributed by atoms with E-state index in [1.807, 2.05) is 12.1 Å². The van der Waals surface area contributed by atoms with Crippen LogP contribution in [0, 0.1) is 0 Å². The molecule has 1 N–H and O–H groups in total. The van der Waals surface area contributed by atoms with Crippen LogP contribution in [0.1, 0.15) is 18.9 Å². The van der Waals surface area contributed by atoms with Crippen molar-refractivity contribution in [2.24, 2.45) is 7.05 Å². The first-order chi connectivity index (χ1) is 6.25. The lowest BCUT2D eigenvalue weighted by molar-refractivity contribution is 0.664. The van der Waals surface area contributed by atoms with E-state index < -0.39 is 0 Å². The summed E-state index contributed by atoms with van der Waals surface area (Å²) in [6.45, 7) is 3.73. The minimum absolute atomic E-state index is 0.0890. The molecule has 0 amide bonds. The Bertz CT molecular complexity index is 317. The molecule has 1 heterocycles. The standard InChI is InChI=1S/C10H16N2O/c1-3-6-11-8-9-5-4-7-12(2)10(9)13/h4-5,7,11H,3,6,8H2,1-2H3. The number of rotatable bonds is 4. The molecular weight excluding hydrogens is 164 g/mol. The van der Waals surface area contributed by atoms with Crippen molar-refractivity contribution in [3.05, 3.63) is 34.2 Å². The maximum Gasteiger partial charge on any atom is 0.254 e. The third-order valence-electron chi connectivity index (χ3n) is 1.94. The van der Waals surface area contributed by atoms with Crippen molar-refractivity contribution in [2.75, 3.05) is 6.54 Å². The van der Waals surface area contributed by atoms with Crippen molar-refractivity contribution < 1.29 is 0 Å². The summed E-state index contributed by atoms with van der Waals surface area (Å²) in [5.41, 5.74) is 0.921. The molecule has 0 fully saturated rings. The Morgan fingerprint density at radius 1 is 1.54 bits per heavy atom. The Balaban J connectivity index is 2.67. The third-order valence-corrected chi connectivity index (χ3v) is 1.94. The SMILES string of the molecule is CCCNCc1cccn(C)c1=O. The van der Waals surface area contributed by atoms with Crippen molar-refractivity contribution >= 4 is 0 Å². The Labute approximate surface area is 78.4 Å².